The molecule has 9 heteroatoms. The Morgan fingerprint density at radius 1 is 0.970 bits per heavy atom. The smallest absolute Gasteiger partial charge is 0.283 e. The maximum atomic E-state index is 6.41. The van der Waals surface area contributed by atoms with Gasteiger partial charge in [-0.25, -0.2) is 4.99 Å². The Morgan fingerprint density at radius 2 is 1.82 bits per heavy atom. The normalized spacial score (nSPS) is 18.6. The number of fused-ring (bicyclic) bond motifs is 5. The first-order chi connectivity index (χ1) is 16.1. The molecular weight excluding hydrogens is 420 g/mol. The monoisotopic (exact) mass is 440 g/mol. The molecule has 1 atom stereocenters. The molecule has 1 aromatic carbocycles. The third-order valence-electron chi connectivity index (χ3n) is 6.06. The molecule has 0 saturated carbocycles. The van der Waals surface area contributed by atoms with Gasteiger partial charge >= 0.3 is 0 Å². The summed E-state index contributed by atoms with van der Waals surface area (Å²) in [5, 5.41) is 0.880. The highest BCUT2D eigenvalue weighted by molar-refractivity contribution is 5.93. The van der Waals surface area contributed by atoms with Gasteiger partial charge in [-0.2, -0.15) is 0 Å². The zero-order valence-electron chi connectivity index (χ0n) is 17.8. The van der Waals surface area contributed by atoms with Crippen LogP contribution in [-0.4, -0.2) is 34.7 Å². The molecule has 9 nitrogen and oxygen atoms in total. The molecule has 0 saturated heterocycles. The van der Waals surface area contributed by atoms with Crippen molar-refractivity contribution < 1.29 is 14.2 Å². The fourth-order valence-electron chi connectivity index (χ4n) is 4.55. The van der Waals surface area contributed by atoms with Crippen LogP contribution >= 0.6 is 0 Å². The number of aliphatic imine (C=N–C) groups is 1. The van der Waals surface area contributed by atoms with Gasteiger partial charge in [0.2, 0.25) is 0 Å². The van der Waals surface area contributed by atoms with Crippen molar-refractivity contribution >= 4 is 22.6 Å². The number of aromatic nitrogens is 3. The van der Waals surface area contributed by atoms with E-state index in [1.165, 1.54) is 0 Å². The van der Waals surface area contributed by atoms with Crippen molar-refractivity contribution in [2.45, 2.75) is 12.0 Å². The van der Waals surface area contributed by atoms with Gasteiger partial charge in [-0.15, -0.1) is 0 Å². The first-order valence-electron chi connectivity index (χ1n) is 10.4. The van der Waals surface area contributed by atoms with Crippen LogP contribution in [0, 0.1) is 0 Å². The maximum absolute atomic E-state index is 6.41. The van der Waals surface area contributed by atoms with Gasteiger partial charge in [0.25, 0.3) is 6.02 Å². The molecule has 0 fully saturated rings. The molecule has 6 rings (SSSR count). The highest BCUT2D eigenvalue weighted by atomic mass is 16.5. The molecule has 2 aliphatic rings. The first kappa shape index (κ1) is 19.3. The Hall–Kier alpha value is -4.40. The van der Waals surface area contributed by atoms with E-state index in [2.05, 4.69) is 15.0 Å². The molecule has 164 valence electrons. The molecule has 1 unspecified atom stereocenters. The van der Waals surface area contributed by atoms with Crippen LogP contribution < -0.4 is 20.9 Å². The minimum Gasteiger partial charge on any atom is -0.495 e. The molecule has 5 heterocycles. The van der Waals surface area contributed by atoms with Gasteiger partial charge in [-0.3, -0.25) is 15.0 Å². The standard InChI is InChI=1S/C24H20N6O3/c1-31-15-10-13-4-7-27-20(19(13)29-12-15)21-22-16(5-8-28-21)24(6-9-32-23(26)30-24)17-11-14(25)2-3-18(17)33-22/h2-5,7-8,10-12H,6,9,25H2,1H3,(H2,26,30). The quantitative estimate of drug-likeness (QED) is 0.454. The van der Waals surface area contributed by atoms with Crippen molar-refractivity contribution in [1.82, 2.24) is 15.0 Å². The fraction of sp³-hybridized carbons (Fsp3) is 0.167. The van der Waals surface area contributed by atoms with Crippen molar-refractivity contribution in [2.24, 2.45) is 10.7 Å². The topological polar surface area (TPSA) is 131 Å². The van der Waals surface area contributed by atoms with Crippen molar-refractivity contribution in [3.63, 3.8) is 0 Å². The van der Waals surface area contributed by atoms with Crippen molar-refractivity contribution in [1.29, 1.82) is 0 Å². The largest absolute Gasteiger partial charge is 0.495 e. The minimum absolute atomic E-state index is 0.123. The van der Waals surface area contributed by atoms with E-state index in [1.807, 2.05) is 30.3 Å². The lowest BCUT2D eigenvalue weighted by molar-refractivity contribution is 0.219. The Balaban J connectivity index is 1.63. The number of methoxy groups -OCH3 is 1. The number of pyridine rings is 3. The SMILES string of the molecule is COc1cnc2c(-c3nccc4c3Oc3ccc(N)cc3C43CCOC(N)=N3)nccc2c1. The molecule has 0 bridgehead atoms. The zero-order valence-corrected chi connectivity index (χ0v) is 17.8. The van der Waals surface area contributed by atoms with Gasteiger partial charge in [-0.1, -0.05) is 0 Å². The fourth-order valence-corrected chi connectivity index (χ4v) is 4.55. The van der Waals surface area contributed by atoms with E-state index in [-0.39, 0.29) is 6.02 Å². The van der Waals surface area contributed by atoms with E-state index < -0.39 is 5.54 Å². The summed E-state index contributed by atoms with van der Waals surface area (Å²) in [5.74, 6) is 1.86. The lowest BCUT2D eigenvalue weighted by atomic mass is 9.77. The number of hydrogen-bond donors (Lipinski definition) is 2. The molecule has 33 heavy (non-hydrogen) atoms. The Bertz CT molecular complexity index is 1450. The van der Waals surface area contributed by atoms with E-state index in [0.717, 1.165) is 16.5 Å². The third kappa shape index (κ3) is 2.85. The second kappa shape index (κ2) is 7.06. The number of nitrogens with two attached hydrogens (primary N) is 2. The minimum atomic E-state index is -0.806. The van der Waals surface area contributed by atoms with E-state index in [1.54, 1.807) is 31.8 Å². The average Bonchev–Trinajstić information content (AvgIpc) is 2.84. The molecule has 3 aromatic heterocycles. The zero-order chi connectivity index (χ0) is 22.6. The van der Waals surface area contributed by atoms with Gasteiger partial charge in [0.05, 0.1) is 25.4 Å². The molecule has 1 spiro atoms. The van der Waals surface area contributed by atoms with Gasteiger partial charge in [-0.05, 0) is 36.4 Å². The predicted octanol–water partition coefficient (Wildman–Crippen LogP) is 3.37. The van der Waals surface area contributed by atoms with Crippen molar-refractivity contribution in [2.75, 3.05) is 19.5 Å². The van der Waals surface area contributed by atoms with Gasteiger partial charge < -0.3 is 25.7 Å². The van der Waals surface area contributed by atoms with Crippen LogP contribution in [0.2, 0.25) is 0 Å². The Labute approximate surface area is 189 Å². The molecule has 0 aliphatic carbocycles. The summed E-state index contributed by atoms with van der Waals surface area (Å²) in [6.45, 7) is 0.411. The van der Waals surface area contributed by atoms with Crippen LogP contribution in [0.15, 0.2) is 60.0 Å². The summed E-state index contributed by atoms with van der Waals surface area (Å²) in [4.78, 5) is 18.6. The maximum Gasteiger partial charge on any atom is 0.283 e. The summed E-state index contributed by atoms with van der Waals surface area (Å²) in [5.41, 5.74) is 15.5. The number of anilines is 1. The summed E-state index contributed by atoms with van der Waals surface area (Å²) in [6.07, 6.45) is 5.68. The number of benzene rings is 1. The van der Waals surface area contributed by atoms with Crippen LogP contribution in [0.3, 0.4) is 0 Å². The molecule has 0 radical (unpaired) electrons. The molecule has 4 N–H and O–H groups in total. The third-order valence-corrected chi connectivity index (χ3v) is 6.06. The van der Waals surface area contributed by atoms with Crippen molar-refractivity contribution in [3.8, 4) is 28.6 Å². The van der Waals surface area contributed by atoms with E-state index in [0.29, 0.717) is 52.9 Å². The second-order valence-electron chi connectivity index (χ2n) is 7.91. The van der Waals surface area contributed by atoms with Crippen LogP contribution in [0.4, 0.5) is 5.69 Å². The lowest BCUT2D eigenvalue weighted by Gasteiger charge is -2.39. The van der Waals surface area contributed by atoms with E-state index in [4.69, 9.17) is 30.7 Å². The lowest BCUT2D eigenvalue weighted by Crippen LogP contribution is -2.38. The van der Waals surface area contributed by atoms with Crippen LogP contribution in [0.25, 0.3) is 22.3 Å². The van der Waals surface area contributed by atoms with Gasteiger partial charge in [0.1, 0.15) is 28.4 Å². The van der Waals surface area contributed by atoms with Crippen LogP contribution in [0.5, 0.6) is 17.2 Å². The number of rotatable bonds is 2. The Morgan fingerprint density at radius 3 is 2.67 bits per heavy atom. The molecule has 0 amide bonds. The first-order valence-corrected chi connectivity index (χ1v) is 10.4. The van der Waals surface area contributed by atoms with Crippen LogP contribution in [-0.2, 0) is 10.3 Å². The van der Waals surface area contributed by atoms with Gasteiger partial charge in [0.15, 0.2) is 5.75 Å². The summed E-state index contributed by atoms with van der Waals surface area (Å²) in [6, 6.07) is 11.3. The predicted molar refractivity (Wildman–Crippen MR) is 123 cm³/mol. The van der Waals surface area contributed by atoms with E-state index in [9.17, 15) is 0 Å². The molecule has 2 aliphatic heterocycles. The van der Waals surface area contributed by atoms with Crippen molar-refractivity contribution in [3.05, 3.63) is 66.1 Å². The number of nitrogen functional groups attached to an aromatic ring is 1. The molecular formula is C24H20N6O3. The van der Waals surface area contributed by atoms with Crippen LogP contribution in [0.1, 0.15) is 17.5 Å². The number of amidine groups is 1. The molecule has 4 aromatic rings. The average molecular weight is 440 g/mol. The number of ether oxygens (including phenoxy) is 3. The number of nitrogens with zero attached hydrogens (tertiary/aromatic N) is 4. The summed E-state index contributed by atoms with van der Waals surface area (Å²) in [7, 11) is 1.61. The highest BCUT2D eigenvalue weighted by Crippen LogP contribution is 2.54. The second-order valence-corrected chi connectivity index (χ2v) is 7.91. The summed E-state index contributed by atoms with van der Waals surface area (Å²) >= 11 is 0. The number of hydrogen-bond acceptors (Lipinski definition) is 9. The van der Waals surface area contributed by atoms with Gasteiger partial charge in [0, 0.05) is 41.0 Å². The Kier molecular flexibility index (Phi) is 4.13. The summed E-state index contributed by atoms with van der Waals surface area (Å²) < 4.78 is 17.2. The van der Waals surface area contributed by atoms with E-state index >= 15 is 0 Å². The highest BCUT2D eigenvalue weighted by Gasteiger charge is 2.46.